The summed E-state index contributed by atoms with van der Waals surface area (Å²) in [6.07, 6.45) is 2.62. The number of H-pyrrole nitrogens is 1. The van der Waals surface area contributed by atoms with E-state index in [2.05, 4.69) is 25.9 Å². The van der Waals surface area contributed by atoms with Crippen LogP contribution in [-0.2, 0) is 6.42 Å². The molecule has 1 amide bonds. The fourth-order valence-electron chi connectivity index (χ4n) is 3.09. The van der Waals surface area contributed by atoms with Crippen LogP contribution in [0.3, 0.4) is 0 Å². The van der Waals surface area contributed by atoms with Gasteiger partial charge in [0.1, 0.15) is 11.6 Å². The molecule has 0 unspecified atom stereocenters. The van der Waals surface area contributed by atoms with Crippen molar-refractivity contribution in [3.05, 3.63) is 70.9 Å². The monoisotopic (exact) mass is 413 g/mol. The van der Waals surface area contributed by atoms with E-state index >= 15 is 0 Å². The van der Waals surface area contributed by atoms with Crippen molar-refractivity contribution < 1.29 is 13.6 Å². The number of hydrogen-bond acceptors (Lipinski definition) is 2. The molecule has 6 nitrogen and oxygen atoms in total. The van der Waals surface area contributed by atoms with E-state index < -0.39 is 5.82 Å². The van der Waals surface area contributed by atoms with Gasteiger partial charge in [-0.3, -0.25) is 9.79 Å². The maximum absolute atomic E-state index is 13.6. The van der Waals surface area contributed by atoms with Crippen LogP contribution in [0.2, 0.25) is 0 Å². The predicted octanol–water partition coefficient (Wildman–Crippen LogP) is 2.89. The minimum Gasteiger partial charge on any atom is -0.361 e. The minimum absolute atomic E-state index is 0.266. The molecule has 0 fully saturated rings. The second kappa shape index (κ2) is 9.87. The Morgan fingerprint density at radius 2 is 1.80 bits per heavy atom. The second-order valence-corrected chi connectivity index (χ2v) is 6.90. The molecule has 0 aliphatic heterocycles. The molecule has 2 aromatic carbocycles. The van der Waals surface area contributed by atoms with Gasteiger partial charge in [0.25, 0.3) is 5.91 Å². The van der Waals surface area contributed by atoms with Crippen LogP contribution in [0.1, 0.15) is 21.5 Å². The lowest BCUT2D eigenvalue weighted by Gasteiger charge is -2.12. The van der Waals surface area contributed by atoms with Gasteiger partial charge in [0.2, 0.25) is 0 Å². The summed E-state index contributed by atoms with van der Waals surface area (Å²) in [5.74, 6) is -0.380. The lowest BCUT2D eigenvalue weighted by Crippen LogP contribution is -2.42. The van der Waals surface area contributed by atoms with Crippen LogP contribution in [0.5, 0.6) is 0 Å². The highest BCUT2D eigenvalue weighted by Gasteiger charge is 2.08. The summed E-state index contributed by atoms with van der Waals surface area (Å²) < 4.78 is 26.8. The fraction of sp³-hybridized carbons (Fsp3) is 0.273. The Bertz CT molecular complexity index is 1060. The van der Waals surface area contributed by atoms with Gasteiger partial charge in [0.15, 0.2) is 5.96 Å². The average molecular weight is 413 g/mol. The van der Waals surface area contributed by atoms with Crippen LogP contribution in [0, 0.1) is 18.6 Å². The Morgan fingerprint density at radius 1 is 1.03 bits per heavy atom. The number of aromatic nitrogens is 1. The number of rotatable bonds is 7. The first kappa shape index (κ1) is 21.3. The number of amides is 1. The molecule has 30 heavy (non-hydrogen) atoms. The molecule has 3 rings (SSSR count). The lowest BCUT2D eigenvalue weighted by molar-refractivity contribution is 0.0954. The molecule has 3 aromatic rings. The van der Waals surface area contributed by atoms with E-state index in [1.165, 1.54) is 18.2 Å². The van der Waals surface area contributed by atoms with Crippen molar-refractivity contribution in [2.75, 3.05) is 26.7 Å². The van der Waals surface area contributed by atoms with E-state index in [0.717, 1.165) is 22.9 Å². The quantitative estimate of drug-likeness (QED) is 0.273. The summed E-state index contributed by atoms with van der Waals surface area (Å²) in [6.45, 7) is 3.12. The Hall–Kier alpha value is -3.42. The zero-order chi connectivity index (χ0) is 21.5. The Labute approximate surface area is 173 Å². The van der Waals surface area contributed by atoms with E-state index in [9.17, 15) is 13.6 Å². The molecular weight excluding hydrogens is 388 g/mol. The molecule has 0 spiro atoms. The second-order valence-electron chi connectivity index (χ2n) is 6.90. The molecular formula is C22H25F2N5O. The predicted molar refractivity (Wildman–Crippen MR) is 115 cm³/mol. The number of aromatic amines is 1. The molecule has 0 saturated carbocycles. The van der Waals surface area contributed by atoms with Crippen molar-refractivity contribution in [2.24, 2.45) is 4.99 Å². The van der Waals surface area contributed by atoms with Gasteiger partial charge < -0.3 is 20.9 Å². The van der Waals surface area contributed by atoms with Crippen LogP contribution in [0.15, 0.2) is 47.6 Å². The van der Waals surface area contributed by atoms with E-state index in [1.54, 1.807) is 32.2 Å². The smallest absolute Gasteiger partial charge is 0.251 e. The number of aliphatic imine (C=N–C) groups is 1. The van der Waals surface area contributed by atoms with Gasteiger partial charge in [-0.2, -0.15) is 0 Å². The molecule has 0 bridgehead atoms. The third kappa shape index (κ3) is 5.34. The Balaban J connectivity index is 1.40. The zero-order valence-electron chi connectivity index (χ0n) is 17.0. The minimum atomic E-state index is -0.397. The van der Waals surface area contributed by atoms with E-state index in [-0.39, 0.29) is 11.7 Å². The molecule has 0 saturated heterocycles. The van der Waals surface area contributed by atoms with Crippen molar-refractivity contribution in [1.82, 2.24) is 20.9 Å². The number of halogens is 2. The maximum Gasteiger partial charge on any atom is 0.251 e. The van der Waals surface area contributed by atoms with Gasteiger partial charge >= 0.3 is 0 Å². The third-order valence-corrected chi connectivity index (χ3v) is 4.78. The van der Waals surface area contributed by atoms with Gasteiger partial charge in [0, 0.05) is 49.3 Å². The summed E-state index contributed by atoms with van der Waals surface area (Å²) in [6, 6.07) is 9.11. The van der Waals surface area contributed by atoms with E-state index in [1.807, 2.05) is 6.20 Å². The number of fused-ring (bicyclic) bond motifs is 1. The van der Waals surface area contributed by atoms with E-state index in [0.29, 0.717) is 36.7 Å². The lowest BCUT2D eigenvalue weighted by atomic mass is 10.1. The number of nitrogens with zero attached hydrogens (tertiary/aromatic N) is 1. The van der Waals surface area contributed by atoms with Crippen molar-refractivity contribution in [3.63, 3.8) is 0 Å². The van der Waals surface area contributed by atoms with E-state index in [4.69, 9.17) is 0 Å². The molecule has 158 valence electrons. The highest BCUT2D eigenvalue weighted by molar-refractivity contribution is 5.94. The summed E-state index contributed by atoms with van der Waals surface area (Å²) in [5.41, 5.74) is 2.66. The van der Waals surface area contributed by atoms with Crippen LogP contribution in [0.25, 0.3) is 10.9 Å². The van der Waals surface area contributed by atoms with Gasteiger partial charge in [-0.1, -0.05) is 6.07 Å². The molecule has 8 heteroatoms. The van der Waals surface area contributed by atoms with Crippen LogP contribution in [-0.4, -0.2) is 43.5 Å². The largest absolute Gasteiger partial charge is 0.361 e. The summed E-state index contributed by atoms with van der Waals surface area (Å²) in [5, 5.41) is 10.1. The van der Waals surface area contributed by atoms with Gasteiger partial charge in [-0.15, -0.1) is 0 Å². The van der Waals surface area contributed by atoms with Crippen molar-refractivity contribution in [3.8, 4) is 0 Å². The SMILES string of the molecule is CN=C(NCCNC(=O)c1ccc(C)c(F)c1)NCCc1c[nH]c2cc(F)ccc12. The van der Waals surface area contributed by atoms with Crippen molar-refractivity contribution >= 4 is 22.8 Å². The molecule has 0 atom stereocenters. The highest BCUT2D eigenvalue weighted by atomic mass is 19.1. The number of guanidine groups is 1. The molecule has 1 aromatic heterocycles. The number of hydrogen-bond donors (Lipinski definition) is 4. The number of nitrogens with one attached hydrogen (secondary N) is 4. The number of aryl methyl sites for hydroxylation is 1. The fourth-order valence-corrected chi connectivity index (χ4v) is 3.09. The summed E-state index contributed by atoms with van der Waals surface area (Å²) >= 11 is 0. The van der Waals surface area contributed by atoms with Gasteiger partial charge in [-0.05, 0) is 54.8 Å². The number of benzene rings is 2. The van der Waals surface area contributed by atoms with Crippen molar-refractivity contribution in [2.45, 2.75) is 13.3 Å². The van der Waals surface area contributed by atoms with Crippen LogP contribution < -0.4 is 16.0 Å². The molecule has 0 aliphatic carbocycles. The van der Waals surface area contributed by atoms with Crippen molar-refractivity contribution in [1.29, 1.82) is 0 Å². The standard InChI is InChI=1S/C22H25F2N5O/c1-14-3-4-15(11-19(14)24)21(30)26-9-10-28-22(25-2)27-8-7-16-13-29-20-12-17(23)5-6-18(16)20/h3-6,11-13,29H,7-10H2,1-2H3,(H,26,30)(H2,25,27,28). The van der Waals surface area contributed by atoms with Gasteiger partial charge in [-0.25, -0.2) is 8.78 Å². The first-order chi connectivity index (χ1) is 14.5. The maximum atomic E-state index is 13.6. The molecule has 1 heterocycles. The average Bonchev–Trinajstić information content (AvgIpc) is 3.13. The van der Waals surface area contributed by atoms with Crippen LogP contribution in [0.4, 0.5) is 8.78 Å². The topological polar surface area (TPSA) is 81.3 Å². The first-order valence-corrected chi connectivity index (χ1v) is 9.72. The van der Waals surface area contributed by atoms with Gasteiger partial charge in [0.05, 0.1) is 0 Å². The normalized spacial score (nSPS) is 11.5. The molecule has 0 radical (unpaired) electrons. The highest BCUT2D eigenvalue weighted by Crippen LogP contribution is 2.19. The van der Waals surface area contributed by atoms with Crippen LogP contribution >= 0.6 is 0 Å². The number of carbonyl (C=O) groups is 1. The first-order valence-electron chi connectivity index (χ1n) is 9.72. The summed E-state index contributed by atoms with van der Waals surface area (Å²) in [4.78, 5) is 19.3. The number of carbonyl (C=O) groups excluding carboxylic acids is 1. The Kier molecular flexibility index (Phi) is 7.00. The third-order valence-electron chi connectivity index (χ3n) is 4.78. The molecule has 4 N–H and O–H groups in total. The Morgan fingerprint density at radius 3 is 2.57 bits per heavy atom. The summed E-state index contributed by atoms with van der Waals surface area (Å²) in [7, 11) is 1.66. The molecule has 0 aliphatic rings. The zero-order valence-corrected chi connectivity index (χ0v) is 17.0.